The van der Waals surface area contributed by atoms with Gasteiger partial charge in [-0.15, -0.1) is 11.3 Å². The molecule has 3 N–H and O–H groups in total. The smallest absolute Gasteiger partial charge is 0.306 e. The number of carboxylic acids is 1. The minimum Gasteiger partial charge on any atom is -0.506 e. The summed E-state index contributed by atoms with van der Waals surface area (Å²) in [5.41, 5.74) is 4.92. The number of thiocarbonyl (C=S) groups is 1. The predicted molar refractivity (Wildman–Crippen MR) is 116 cm³/mol. The molecule has 0 aliphatic carbocycles. The number of nitrogens with one attached hydrogen (secondary N) is 1. The van der Waals surface area contributed by atoms with Crippen molar-refractivity contribution < 1.29 is 15.0 Å². The van der Waals surface area contributed by atoms with Gasteiger partial charge in [0.15, 0.2) is 5.11 Å². The molecule has 0 saturated carbocycles. The summed E-state index contributed by atoms with van der Waals surface area (Å²) in [4.78, 5) is 13.7. The van der Waals surface area contributed by atoms with Crippen molar-refractivity contribution >= 4 is 51.9 Å². The number of likely N-dealkylation sites (tertiary alicyclic amines) is 1. The van der Waals surface area contributed by atoms with Crippen molar-refractivity contribution in [3.63, 3.8) is 0 Å². The minimum absolute atomic E-state index is 0.156. The number of hydrazone groups is 1. The number of nitrogens with zero attached hydrogens (tertiary/aromatic N) is 2. The number of benzene rings is 1. The molecular weight excluding hydrogens is 418 g/mol. The molecule has 1 aromatic carbocycles. The number of aromatic hydroxyl groups is 1. The molecule has 1 saturated heterocycles. The zero-order valence-corrected chi connectivity index (χ0v) is 17.6. The van der Waals surface area contributed by atoms with Crippen molar-refractivity contribution in [2.45, 2.75) is 19.8 Å². The van der Waals surface area contributed by atoms with Gasteiger partial charge in [-0.3, -0.25) is 10.2 Å². The number of carbonyl (C=O) groups is 1. The molecule has 9 heteroatoms. The van der Waals surface area contributed by atoms with Gasteiger partial charge in [0.1, 0.15) is 5.75 Å². The molecule has 0 bridgehead atoms. The van der Waals surface area contributed by atoms with Crippen molar-refractivity contribution in [3.05, 3.63) is 40.2 Å². The first-order valence-electron chi connectivity index (χ1n) is 8.75. The van der Waals surface area contributed by atoms with E-state index in [1.165, 1.54) is 11.3 Å². The number of carboxylic acid groups (broad SMARTS) is 1. The van der Waals surface area contributed by atoms with E-state index < -0.39 is 5.97 Å². The zero-order chi connectivity index (χ0) is 20.3. The average molecular weight is 438 g/mol. The van der Waals surface area contributed by atoms with Gasteiger partial charge in [-0.2, -0.15) is 5.10 Å². The maximum atomic E-state index is 11.0. The van der Waals surface area contributed by atoms with Crippen LogP contribution in [0.25, 0.3) is 10.4 Å². The summed E-state index contributed by atoms with van der Waals surface area (Å²) in [6, 6.07) is 7.32. The Morgan fingerprint density at radius 2 is 2.11 bits per heavy atom. The number of thiophene rings is 1. The molecule has 1 fully saturated rings. The summed E-state index contributed by atoms with van der Waals surface area (Å²) >= 11 is 12.8. The first kappa shape index (κ1) is 20.6. The number of hydrogen-bond donors (Lipinski definition) is 3. The second-order valence-corrected chi connectivity index (χ2v) is 8.25. The van der Waals surface area contributed by atoms with Gasteiger partial charge in [0.2, 0.25) is 0 Å². The van der Waals surface area contributed by atoms with Gasteiger partial charge in [-0.25, -0.2) is 0 Å². The van der Waals surface area contributed by atoms with Crippen molar-refractivity contribution in [2.75, 3.05) is 13.1 Å². The Bertz CT molecular complexity index is 921. The summed E-state index contributed by atoms with van der Waals surface area (Å²) in [6.45, 7) is 2.95. The molecule has 1 aromatic heterocycles. The number of halogens is 1. The molecule has 148 valence electrons. The molecule has 0 unspecified atom stereocenters. The van der Waals surface area contributed by atoms with E-state index in [2.05, 4.69) is 10.5 Å². The van der Waals surface area contributed by atoms with Crippen LogP contribution in [-0.2, 0) is 4.79 Å². The lowest BCUT2D eigenvalue weighted by atomic mass is 9.97. The Kier molecular flexibility index (Phi) is 6.53. The van der Waals surface area contributed by atoms with Gasteiger partial charge in [0.05, 0.1) is 22.1 Å². The van der Waals surface area contributed by atoms with Crippen molar-refractivity contribution in [3.8, 4) is 16.2 Å². The second kappa shape index (κ2) is 8.89. The number of rotatable bonds is 4. The molecule has 0 amide bonds. The van der Waals surface area contributed by atoms with Gasteiger partial charge < -0.3 is 15.1 Å². The van der Waals surface area contributed by atoms with Crippen LogP contribution in [0.2, 0.25) is 5.02 Å². The Morgan fingerprint density at radius 1 is 1.39 bits per heavy atom. The summed E-state index contributed by atoms with van der Waals surface area (Å²) in [5, 5.41) is 26.9. The summed E-state index contributed by atoms with van der Waals surface area (Å²) in [5.74, 6) is -0.906. The predicted octanol–water partition coefficient (Wildman–Crippen LogP) is 4.17. The van der Waals surface area contributed by atoms with E-state index in [0.29, 0.717) is 47.3 Å². The van der Waals surface area contributed by atoms with Gasteiger partial charge >= 0.3 is 5.97 Å². The summed E-state index contributed by atoms with van der Waals surface area (Å²) < 4.78 is 0. The highest BCUT2D eigenvalue weighted by Crippen LogP contribution is 2.39. The van der Waals surface area contributed by atoms with Gasteiger partial charge in [0, 0.05) is 23.5 Å². The fraction of sp³-hybridized carbons (Fsp3) is 0.316. The fourth-order valence-corrected chi connectivity index (χ4v) is 4.46. The SMILES string of the molecule is CC(=NNC(=S)N1CCC(C(=O)O)CC1)c1csc(-c2cccc(Cl)c2)c1O. The third kappa shape index (κ3) is 4.63. The van der Waals surface area contributed by atoms with E-state index in [4.69, 9.17) is 28.9 Å². The standard InChI is InChI=1S/C19H20ClN3O3S2/c1-11(21-22-19(27)23-7-5-12(6-8-23)18(25)26)15-10-28-17(16(15)24)13-3-2-4-14(20)9-13/h2-4,9-10,12,24H,5-8H2,1H3,(H,22,27)(H,25,26). The van der Waals surface area contributed by atoms with Crippen LogP contribution < -0.4 is 5.43 Å². The van der Waals surface area contributed by atoms with Crippen molar-refractivity contribution in [1.29, 1.82) is 0 Å². The lowest BCUT2D eigenvalue weighted by Gasteiger charge is -2.31. The highest BCUT2D eigenvalue weighted by Gasteiger charge is 2.25. The van der Waals surface area contributed by atoms with Gasteiger partial charge in [-0.1, -0.05) is 23.7 Å². The van der Waals surface area contributed by atoms with Crippen LogP contribution in [0.15, 0.2) is 34.7 Å². The Balaban J connectivity index is 1.66. The van der Waals surface area contributed by atoms with Crippen LogP contribution in [-0.4, -0.2) is 45.0 Å². The molecule has 2 heterocycles. The first-order chi connectivity index (χ1) is 13.4. The summed E-state index contributed by atoms with van der Waals surface area (Å²) in [7, 11) is 0. The molecule has 28 heavy (non-hydrogen) atoms. The molecule has 3 rings (SSSR count). The second-order valence-electron chi connectivity index (χ2n) is 6.55. The van der Waals surface area contributed by atoms with Gasteiger partial charge in [0.25, 0.3) is 0 Å². The van der Waals surface area contributed by atoms with Crippen LogP contribution in [0.4, 0.5) is 0 Å². The van der Waals surface area contributed by atoms with Crippen molar-refractivity contribution in [2.24, 2.45) is 11.0 Å². The third-order valence-electron chi connectivity index (χ3n) is 4.69. The molecule has 6 nitrogen and oxygen atoms in total. The van der Waals surface area contributed by atoms with Crippen molar-refractivity contribution in [1.82, 2.24) is 10.3 Å². The molecule has 0 spiro atoms. The first-order valence-corrected chi connectivity index (χ1v) is 10.4. The van der Waals surface area contributed by atoms with Crippen LogP contribution in [0.1, 0.15) is 25.3 Å². The van der Waals surface area contributed by atoms with Gasteiger partial charge in [-0.05, 0) is 49.7 Å². The topological polar surface area (TPSA) is 85.2 Å². The number of piperidine rings is 1. The van der Waals surface area contributed by atoms with E-state index in [1.54, 1.807) is 19.1 Å². The van der Waals surface area contributed by atoms with Crippen LogP contribution in [0.5, 0.6) is 5.75 Å². The lowest BCUT2D eigenvalue weighted by Crippen LogP contribution is -2.44. The Labute approximate surface area is 177 Å². The average Bonchev–Trinajstić information content (AvgIpc) is 3.07. The maximum Gasteiger partial charge on any atom is 0.306 e. The Hall–Kier alpha value is -2.16. The number of aliphatic carboxylic acids is 1. The molecular formula is C19H20ClN3O3S2. The quantitative estimate of drug-likeness (QED) is 0.378. The summed E-state index contributed by atoms with van der Waals surface area (Å²) in [6.07, 6.45) is 1.13. The highest BCUT2D eigenvalue weighted by atomic mass is 35.5. The lowest BCUT2D eigenvalue weighted by molar-refractivity contribution is -0.143. The molecule has 0 atom stereocenters. The number of hydrogen-bond acceptors (Lipinski definition) is 5. The molecule has 1 aliphatic heterocycles. The van der Waals surface area contributed by atoms with E-state index in [1.807, 2.05) is 22.4 Å². The largest absolute Gasteiger partial charge is 0.506 e. The van der Waals surface area contributed by atoms with E-state index in [9.17, 15) is 9.90 Å². The highest BCUT2D eigenvalue weighted by molar-refractivity contribution is 7.80. The van der Waals surface area contributed by atoms with E-state index in [0.717, 1.165) is 10.4 Å². The van der Waals surface area contributed by atoms with E-state index in [-0.39, 0.29) is 11.7 Å². The molecule has 1 aliphatic rings. The normalized spacial score (nSPS) is 15.5. The van der Waals surface area contributed by atoms with Crippen LogP contribution in [0.3, 0.4) is 0 Å². The van der Waals surface area contributed by atoms with E-state index >= 15 is 0 Å². The minimum atomic E-state index is -0.754. The fourth-order valence-electron chi connectivity index (χ4n) is 3.04. The monoisotopic (exact) mass is 437 g/mol. The van der Waals surface area contributed by atoms with Crippen LogP contribution >= 0.6 is 35.2 Å². The van der Waals surface area contributed by atoms with Crippen LogP contribution in [0, 0.1) is 5.92 Å². The Morgan fingerprint density at radius 3 is 2.75 bits per heavy atom. The molecule has 0 radical (unpaired) electrons. The third-order valence-corrected chi connectivity index (χ3v) is 6.29. The molecule has 2 aromatic rings. The maximum absolute atomic E-state index is 11.0. The zero-order valence-electron chi connectivity index (χ0n) is 15.2.